The Morgan fingerprint density at radius 2 is 1.91 bits per heavy atom. The molecule has 0 spiro atoms. The molecule has 1 atom stereocenters. The molecule has 114 valence electrons. The molecule has 3 nitrogen and oxygen atoms in total. The zero-order valence-electron chi connectivity index (χ0n) is 13.1. The normalized spacial score (nSPS) is 12.8. The Kier molecular flexibility index (Phi) is 3.94. The highest BCUT2D eigenvalue weighted by molar-refractivity contribution is 6.30. The van der Waals surface area contributed by atoms with Gasteiger partial charge in [0.15, 0.2) is 0 Å². The summed E-state index contributed by atoms with van der Waals surface area (Å²) in [5, 5.41) is 0.747. The van der Waals surface area contributed by atoms with Crippen LogP contribution in [-0.2, 0) is 6.54 Å². The maximum atomic E-state index is 6.13. The smallest absolute Gasteiger partial charge is 0.126 e. The third-order valence-electron chi connectivity index (χ3n) is 4.03. The standard InChI is InChI=1S/C18H20ClN3/c1-11-7-16-17(8-12(11)2)22(18(21-16)13(3)20)10-14-5-4-6-15(19)9-14/h4-9,13H,10,20H2,1-3H3. The number of hydrogen-bond donors (Lipinski definition) is 1. The minimum Gasteiger partial charge on any atom is -0.322 e. The highest BCUT2D eigenvalue weighted by atomic mass is 35.5. The summed E-state index contributed by atoms with van der Waals surface area (Å²) >= 11 is 6.10. The van der Waals surface area contributed by atoms with Crippen LogP contribution in [0.15, 0.2) is 36.4 Å². The summed E-state index contributed by atoms with van der Waals surface area (Å²) in [5.74, 6) is 0.903. The third kappa shape index (κ3) is 2.74. The Balaban J connectivity index is 2.17. The lowest BCUT2D eigenvalue weighted by Crippen LogP contribution is -2.14. The van der Waals surface area contributed by atoms with E-state index in [0.29, 0.717) is 0 Å². The van der Waals surface area contributed by atoms with Gasteiger partial charge in [0, 0.05) is 11.6 Å². The van der Waals surface area contributed by atoms with Crippen molar-refractivity contribution in [3.8, 4) is 0 Å². The van der Waals surface area contributed by atoms with Gasteiger partial charge in [-0.15, -0.1) is 0 Å². The SMILES string of the molecule is Cc1cc2nc(C(C)N)n(Cc3cccc(Cl)c3)c2cc1C. The molecule has 3 rings (SSSR count). The summed E-state index contributed by atoms with van der Waals surface area (Å²) in [6, 6.07) is 12.1. The molecule has 1 unspecified atom stereocenters. The van der Waals surface area contributed by atoms with Crippen molar-refractivity contribution in [3.63, 3.8) is 0 Å². The van der Waals surface area contributed by atoms with Crippen LogP contribution in [0.5, 0.6) is 0 Å². The largest absolute Gasteiger partial charge is 0.322 e. The van der Waals surface area contributed by atoms with Crippen molar-refractivity contribution in [3.05, 3.63) is 63.9 Å². The fourth-order valence-electron chi connectivity index (χ4n) is 2.73. The summed E-state index contributed by atoms with van der Waals surface area (Å²) in [4.78, 5) is 4.74. The molecule has 0 saturated heterocycles. The first kappa shape index (κ1) is 15.1. The van der Waals surface area contributed by atoms with Crippen LogP contribution < -0.4 is 5.73 Å². The van der Waals surface area contributed by atoms with Crippen molar-refractivity contribution in [1.82, 2.24) is 9.55 Å². The van der Waals surface area contributed by atoms with E-state index in [-0.39, 0.29) is 6.04 Å². The lowest BCUT2D eigenvalue weighted by molar-refractivity contribution is 0.664. The van der Waals surface area contributed by atoms with Gasteiger partial charge < -0.3 is 10.3 Å². The van der Waals surface area contributed by atoms with E-state index in [1.165, 1.54) is 11.1 Å². The molecule has 2 N–H and O–H groups in total. The first-order chi connectivity index (χ1) is 10.5. The van der Waals surface area contributed by atoms with Gasteiger partial charge in [-0.25, -0.2) is 4.98 Å². The van der Waals surface area contributed by atoms with Crippen molar-refractivity contribution < 1.29 is 0 Å². The van der Waals surface area contributed by atoms with Gasteiger partial charge in [0.25, 0.3) is 0 Å². The molecule has 0 saturated carbocycles. The van der Waals surface area contributed by atoms with Crippen molar-refractivity contribution in [2.24, 2.45) is 5.73 Å². The molecule has 0 bridgehead atoms. The van der Waals surface area contributed by atoms with E-state index in [2.05, 4.69) is 36.6 Å². The van der Waals surface area contributed by atoms with Crippen LogP contribution >= 0.6 is 11.6 Å². The molecular formula is C18H20ClN3. The third-order valence-corrected chi connectivity index (χ3v) is 4.27. The highest BCUT2D eigenvalue weighted by Gasteiger charge is 2.15. The van der Waals surface area contributed by atoms with Gasteiger partial charge >= 0.3 is 0 Å². The van der Waals surface area contributed by atoms with Crippen molar-refractivity contribution in [2.45, 2.75) is 33.4 Å². The molecule has 1 heterocycles. The number of nitrogens with zero attached hydrogens (tertiary/aromatic N) is 2. The van der Waals surface area contributed by atoms with Crippen molar-refractivity contribution in [2.75, 3.05) is 0 Å². The average molecular weight is 314 g/mol. The van der Waals surface area contributed by atoms with E-state index >= 15 is 0 Å². The second-order valence-corrected chi connectivity index (χ2v) is 6.34. The Hall–Kier alpha value is -1.84. The molecule has 0 aliphatic rings. The van der Waals surface area contributed by atoms with E-state index in [1.54, 1.807) is 0 Å². The first-order valence-electron chi connectivity index (χ1n) is 7.43. The van der Waals surface area contributed by atoms with Gasteiger partial charge in [-0.3, -0.25) is 0 Å². The number of aryl methyl sites for hydroxylation is 2. The van der Waals surface area contributed by atoms with Crippen LogP contribution in [0.25, 0.3) is 11.0 Å². The van der Waals surface area contributed by atoms with Crippen LogP contribution in [0.4, 0.5) is 0 Å². The molecule has 1 aromatic heterocycles. The topological polar surface area (TPSA) is 43.8 Å². The Labute approximate surface area is 135 Å². The summed E-state index contributed by atoms with van der Waals surface area (Å²) in [7, 11) is 0. The van der Waals surface area contributed by atoms with Crippen LogP contribution in [0.1, 0.15) is 35.5 Å². The molecule has 3 aromatic rings. The lowest BCUT2D eigenvalue weighted by atomic mass is 10.1. The number of benzene rings is 2. The number of hydrogen-bond acceptors (Lipinski definition) is 2. The van der Waals surface area contributed by atoms with Gasteiger partial charge in [0.05, 0.1) is 17.1 Å². The Morgan fingerprint density at radius 1 is 1.18 bits per heavy atom. The molecule has 0 aliphatic carbocycles. The van der Waals surface area contributed by atoms with Crippen LogP contribution in [0, 0.1) is 13.8 Å². The summed E-state index contributed by atoms with van der Waals surface area (Å²) in [5.41, 5.74) is 11.9. The maximum Gasteiger partial charge on any atom is 0.126 e. The van der Waals surface area contributed by atoms with E-state index in [9.17, 15) is 0 Å². The number of rotatable bonds is 3. The highest BCUT2D eigenvalue weighted by Crippen LogP contribution is 2.25. The monoisotopic (exact) mass is 313 g/mol. The number of imidazole rings is 1. The van der Waals surface area contributed by atoms with Gasteiger partial charge in [-0.1, -0.05) is 23.7 Å². The molecule has 0 fully saturated rings. The summed E-state index contributed by atoms with van der Waals surface area (Å²) < 4.78 is 2.19. The molecule has 0 aliphatic heterocycles. The summed E-state index contributed by atoms with van der Waals surface area (Å²) in [6.45, 7) is 6.92. The van der Waals surface area contributed by atoms with Crippen LogP contribution in [0.2, 0.25) is 5.02 Å². The maximum absolute atomic E-state index is 6.13. The lowest BCUT2D eigenvalue weighted by Gasteiger charge is -2.12. The van der Waals surface area contributed by atoms with Gasteiger partial charge in [-0.05, 0) is 61.7 Å². The Bertz CT molecular complexity index is 834. The van der Waals surface area contributed by atoms with Gasteiger partial charge in [0.2, 0.25) is 0 Å². The minimum absolute atomic E-state index is 0.118. The average Bonchev–Trinajstić information content (AvgIpc) is 2.78. The second kappa shape index (κ2) is 5.75. The fourth-order valence-corrected chi connectivity index (χ4v) is 2.94. The fraction of sp³-hybridized carbons (Fsp3) is 0.278. The summed E-state index contributed by atoms with van der Waals surface area (Å²) in [6.07, 6.45) is 0. The van der Waals surface area contributed by atoms with E-state index in [1.807, 2.05) is 25.1 Å². The van der Waals surface area contributed by atoms with E-state index in [0.717, 1.165) is 34.0 Å². The van der Waals surface area contributed by atoms with Crippen molar-refractivity contribution in [1.29, 1.82) is 0 Å². The first-order valence-corrected chi connectivity index (χ1v) is 7.81. The van der Waals surface area contributed by atoms with E-state index in [4.69, 9.17) is 22.3 Å². The molecule has 22 heavy (non-hydrogen) atoms. The second-order valence-electron chi connectivity index (χ2n) is 5.90. The van der Waals surface area contributed by atoms with E-state index < -0.39 is 0 Å². The number of aromatic nitrogens is 2. The Morgan fingerprint density at radius 3 is 2.59 bits per heavy atom. The van der Waals surface area contributed by atoms with Crippen molar-refractivity contribution >= 4 is 22.6 Å². The number of nitrogens with two attached hydrogens (primary N) is 1. The van der Waals surface area contributed by atoms with Gasteiger partial charge in [-0.2, -0.15) is 0 Å². The number of fused-ring (bicyclic) bond motifs is 1. The van der Waals surface area contributed by atoms with Gasteiger partial charge in [0.1, 0.15) is 5.82 Å². The molecule has 2 aromatic carbocycles. The molecule has 0 radical (unpaired) electrons. The molecule has 4 heteroatoms. The predicted octanol–water partition coefficient (Wildman–Crippen LogP) is 4.37. The number of halogens is 1. The molecule has 0 amide bonds. The van der Waals surface area contributed by atoms with Crippen LogP contribution in [0.3, 0.4) is 0 Å². The zero-order valence-corrected chi connectivity index (χ0v) is 13.9. The zero-order chi connectivity index (χ0) is 15.9. The quantitative estimate of drug-likeness (QED) is 0.780. The minimum atomic E-state index is -0.118. The van der Waals surface area contributed by atoms with Crippen LogP contribution in [-0.4, -0.2) is 9.55 Å². The molecular weight excluding hydrogens is 294 g/mol. The predicted molar refractivity (Wildman–Crippen MR) is 92.4 cm³/mol.